The molecule has 25 heavy (non-hydrogen) atoms. The first-order chi connectivity index (χ1) is 12.1. The molecule has 6 nitrogen and oxygen atoms in total. The number of likely N-dealkylation sites (tertiary alicyclic amines) is 1. The van der Waals surface area contributed by atoms with Gasteiger partial charge in [-0.25, -0.2) is 9.97 Å². The molecule has 0 bridgehead atoms. The molecule has 2 atom stereocenters. The highest BCUT2D eigenvalue weighted by Gasteiger charge is 2.27. The number of carbonyl (C=O) groups is 1. The van der Waals surface area contributed by atoms with Gasteiger partial charge in [-0.1, -0.05) is 6.92 Å². The van der Waals surface area contributed by atoms with Crippen LogP contribution in [-0.4, -0.2) is 59.5 Å². The number of nitrogens with one attached hydrogen (secondary N) is 1. The van der Waals surface area contributed by atoms with Crippen LogP contribution in [0.15, 0.2) is 18.5 Å². The average Bonchev–Trinajstić information content (AvgIpc) is 2.62. The number of aromatic nitrogens is 2. The molecule has 1 aromatic heterocycles. The minimum atomic E-state index is 0.114. The van der Waals surface area contributed by atoms with Crippen LogP contribution in [0.5, 0.6) is 0 Å². The largest absolute Gasteiger partial charge is 0.352 e. The van der Waals surface area contributed by atoms with Crippen LogP contribution in [0.2, 0.25) is 0 Å². The Morgan fingerprint density at radius 1 is 1.24 bits per heavy atom. The zero-order valence-electron chi connectivity index (χ0n) is 15.5. The first-order valence-corrected chi connectivity index (χ1v) is 9.66. The van der Waals surface area contributed by atoms with E-state index in [1.165, 1.54) is 19.4 Å². The van der Waals surface area contributed by atoms with Crippen molar-refractivity contribution in [3.63, 3.8) is 0 Å². The summed E-state index contributed by atoms with van der Waals surface area (Å²) in [6, 6.07) is 2.04. The minimum absolute atomic E-state index is 0.114. The lowest BCUT2D eigenvalue weighted by molar-refractivity contribution is -0.126. The van der Waals surface area contributed by atoms with Gasteiger partial charge >= 0.3 is 0 Å². The molecule has 1 amide bonds. The second kappa shape index (κ2) is 8.61. The topological polar surface area (TPSA) is 61.4 Å². The van der Waals surface area contributed by atoms with Gasteiger partial charge in [0.25, 0.3) is 0 Å². The van der Waals surface area contributed by atoms with Crippen LogP contribution in [0.4, 0.5) is 5.95 Å². The van der Waals surface area contributed by atoms with Crippen molar-refractivity contribution in [1.29, 1.82) is 0 Å². The van der Waals surface area contributed by atoms with Gasteiger partial charge in [-0.3, -0.25) is 4.79 Å². The highest BCUT2D eigenvalue weighted by atomic mass is 16.1. The summed E-state index contributed by atoms with van der Waals surface area (Å²) < 4.78 is 0. The summed E-state index contributed by atoms with van der Waals surface area (Å²) in [6.07, 6.45) is 7.90. The molecule has 6 heteroatoms. The third-order valence-electron chi connectivity index (χ3n) is 5.36. The number of carbonyl (C=O) groups excluding carboxylic acids is 1. The third kappa shape index (κ3) is 5.14. The molecule has 0 saturated carbocycles. The van der Waals surface area contributed by atoms with Crippen molar-refractivity contribution in [3.8, 4) is 0 Å². The van der Waals surface area contributed by atoms with Gasteiger partial charge in [0.2, 0.25) is 11.9 Å². The summed E-state index contributed by atoms with van der Waals surface area (Å²) in [6.45, 7) is 9.44. The van der Waals surface area contributed by atoms with Gasteiger partial charge in [-0.2, -0.15) is 0 Å². The van der Waals surface area contributed by atoms with Crippen LogP contribution in [0.1, 0.15) is 39.5 Å². The lowest BCUT2D eigenvalue weighted by Crippen LogP contribution is -2.48. The molecule has 3 heterocycles. The summed E-state index contributed by atoms with van der Waals surface area (Å²) >= 11 is 0. The second-order valence-electron chi connectivity index (χ2n) is 7.73. The van der Waals surface area contributed by atoms with Gasteiger partial charge in [0, 0.05) is 50.5 Å². The van der Waals surface area contributed by atoms with E-state index < -0.39 is 0 Å². The normalized spacial score (nSPS) is 24.1. The molecule has 0 spiro atoms. The lowest BCUT2D eigenvalue weighted by Gasteiger charge is -2.34. The molecular weight excluding hydrogens is 314 g/mol. The molecular formula is C19H31N5O. The van der Waals surface area contributed by atoms with Crippen molar-refractivity contribution >= 4 is 11.9 Å². The van der Waals surface area contributed by atoms with Crippen molar-refractivity contribution in [2.24, 2.45) is 11.8 Å². The van der Waals surface area contributed by atoms with E-state index in [4.69, 9.17) is 0 Å². The van der Waals surface area contributed by atoms with Crippen LogP contribution in [-0.2, 0) is 4.79 Å². The third-order valence-corrected chi connectivity index (χ3v) is 5.36. The van der Waals surface area contributed by atoms with E-state index in [0.29, 0.717) is 0 Å². The number of amides is 1. The Morgan fingerprint density at radius 2 is 1.96 bits per heavy atom. The summed E-state index contributed by atoms with van der Waals surface area (Å²) in [4.78, 5) is 25.8. The van der Waals surface area contributed by atoms with E-state index >= 15 is 0 Å². The summed E-state index contributed by atoms with van der Waals surface area (Å²) in [5, 5.41) is 3.24. The maximum Gasteiger partial charge on any atom is 0.225 e. The van der Waals surface area contributed by atoms with Gasteiger partial charge in [0.15, 0.2) is 0 Å². The van der Waals surface area contributed by atoms with E-state index in [1.807, 2.05) is 6.07 Å². The molecule has 3 rings (SSSR count). The monoisotopic (exact) mass is 345 g/mol. The predicted molar refractivity (Wildman–Crippen MR) is 99.4 cm³/mol. The molecule has 2 aliphatic heterocycles. The lowest BCUT2D eigenvalue weighted by atomic mass is 9.95. The smallest absolute Gasteiger partial charge is 0.225 e. The van der Waals surface area contributed by atoms with Gasteiger partial charge in [0.05, 0.1) is 0 Å². The highest BCUT2D eigenvalue weighted by molar-refractivity contribution is 5.79. The fourth-order valence-corrected chi connectivity index (χ4v) is 4.04. The predicted octanol–water partition coefficient (Wildman–Crippen LogP) is 1.93. The fraction of sp³-hybridized carbons (Fsp3) is 0.737. The number of hydrogen-bond donors (Lipinski definition) is 1. The SMILES string of the molecule is CC1CCCN(CC(C)NC(=O)C2CCN(c3ncccn3)CC2)C1. The van der Waals surface area contributed by atoms with Crippen LogP contribution in [0, 0.1) is 11.8 Å². The number of hydrogen-bond acceptors (Lipinski definition) is 5. The standard InChI is InChI=1S/C19H31N5O/c1-15-5-3-10-23(13-15)14-16(2)22-18(25)17-6-11-24(12-7-17)19-20-8-4-9-21-19/h4,8-9,15-17H,3,5-7,10-14H2,1-2H3,(H,22,25). The Kier molecular flexibility index (Phi) is 6.24. The van der Waals surface area contributed by atoms with E-state index in [-0.39, 0.29) is 17.9 Å². The van der Waals surface area contributed by atoms with Crippen molar-refractivity contribution in [3.05, 3.63) is 18.5 Å². The Balaban J connectivity index is 1.41. The van der Waals surface area contributed by atoms with E-state index in [0.717, 1.165) is 50.9 Å². The Hall–Kier alpha value is -1.69. The van der Waals surface area contributed by atoms with E-state index in [9.17, 15) is 4.79 Å². The van der Waals surface area contributed by atoms with Crippen molar-refractivity contribution in [2.75, 3.05) is 37.6 Å². The van der Waals surface area contributed by atoms with Crippen molar-refractivity contribution < 1.29 is 4.79 Å². The maximum absolute atomic E-state index is 12.6. The fourth-order valence-electron chi connectivity index (χ4n) is 4.04. The molecule has 2 saturated heterocycles. The Morgan fingerprint density at radius 3 is 2.64 bits per heavy atom. The summed E-state index contributed by atoms with van der Waals surface area (Å²) in [7, 11) is 0. The highest BCUT2D eigenvalue weighted by Crippen LogP contribution is 2.21. The molecule has 1 N–H and O–H groups in total. The molecule has 0 radical (unpaired) electrons. The van der Waals surface area contributed by atoms with Crippen LogP contribution < -0.4 is 10.2 Å². The van der Waals surface area contributed by atoms with Crippen molar-refractivity contribution in [2.45, 2.75) is 45.6 Å². The Labute approximate surface area is 151 Å². The number of anilines is 1. The van der Waals surface area contributed by atoms with Gasteiger partial charge in [0.1, 0.15) is 0 Å². The molecule has 2 unspecified atom stereocenters. The van der Waals surface area contributed by atoms with Gasteiger partial charge in [-0.15, -0.1) is 0 Å². The van der Waals surface area contributed by atoms with Gasteiger partial charge in [-0.05, 0) is 51.1 Å². The number of piperidine rings is 2. The molecule has 0 aromatic carbocycles. The first kappa shape index (κ1) is 18.1. The maximum atomic E-state index is 12.6. The molecule has 138 valence electrons. The summed E-state index contributed by atoms with van der Waals surface area (Å²) in [5.41, 5.74) is 0. The molecule has 2 aliphatic rings. The van der Waals surface area contributed by atoms with E-state index in [1.54, 1.807) is 12.4 Å². The summed E-state index contributed by atoms with van der Waals surface area (Å²) in [5.74, 6) is 1.88. The quantitative estimate of drug-likeness (QED) is 0.883. The molecule has 2 fully saturated rings. The number of nitrogens with zero attached hydrogens (tertiary/aromatic N) is 4. The zero-order chi connectivity index (χ0) is 17.6. The zero-order valence-corrected chi connectivity index (χ0v) is 15.5. The average molecular weight is 345 g/mol. The minimum Gasteiger partial charge on any atom is -0.352 e. The number of rotatable bonds is 5. The van der Waals surface area contributed by atoms with Crippen LogP contribution in [0.3, 0.4) is 0 Å². The molecule has 1 aromatic rings. The molecule has 0 aliphatic carbocycles. The van der Waals surface area contributed by atoms with Gasteiger partial charge < -0.3 is 15.1 Å². The van der Waals surface area contributed by atoms with Crippen molar-refractivity contribution in [1.82, 2.24) is 20.2 Å². The Bertz CT molecular complexity index is 544. The van der Waals surface area contributed by atoms with Crippen LogP contribution >= 0.6 is 0 Å². The second-order valence-corrected chi connectivity index (χ2v) is 7.73. The van der Waals surface area contributed by atoms with Crippen LogP contribution in [0.25, 0.3) is 0 Å². The van der Waals surface area contributed by atoms with E-state index in [2.05, 4.69) is 38.9 Å². The first-order valence-electron chi connectivity index (χ1n) is 9.66.